The third-order valence-electron chi connectivity index (χ3n) is 3.91. The van der Waals surface area contributed by atoms with Crippen LogP contribution in [0.15, 0.2) is 18.3 Å². The fourth-order valence-electron chi connectivity index (χ4n) is 2.50. The lowest BCUT2D eigenvalue weighted by molar-refractivity contribution is 0.276. The number of aliphatic hydroxyl groups is 1. The van der Waals surface area contributed by atoms with Crippen molar-refractivity contribution in [2.24, 2.45) is 0 Å². The third kappa shape index (κ3) is 4.11. The van der Waals surface area contributed by atoms with Crippen LogP contribution in [-0.2, 0) is 6.54 Å². The molecule has 2 unspecified atom stereocenters. The molecule has 1 aliphatic heterocycles. The lowest BCUT2D eigenvalue weighted by atomic mass is 10.2. The molecule has 2 heterocycles. The van der Waals surface area contributed by atoms with Crippen molar-refractivity contribution in [3.8, 4) is 0 Å². The summed E-state index contributed by atoms with van der Waals surface area (Å²) in [5, 5.41) is 13.0. The molecule has 4 nitrogen and oxygen atoms in total. The van der Waals surface area contributed by atoms with E-state index in [0.29, 0.717) is 0 Å². The molecule has 0 radical (unpaired) electrons. The van der Waals surface area contributed by atoms with E-state index in [-0.39, 0.29) is 17.9 Å². The molecule has 0 saturated carbocycles. The lowest BCUT2D eigenvalue weighted by Crippen LogP contribution is -2.37. The largest absolute Gasteiger partial charge is 0.395 e. The Morgan fingerprint density at radius 1 is 1.40 bits per heavy atom. The van der Waals surface area contributed by atoms with Gasteiger partial charge in [-0.3, -0.25) is 0 Å². The van der Waals surface area contributed by atoms with Crippen LogP contribution in [0.1, 0.15) is 25.3 Å². The van der Waals surface area contributed by atoms with E-state index in [9.17, 15) is 5.11 Å². The molecule has 20 heavy (non-hydrogen) atoms. The smallest absolute Gasteiger partial charge is 0.128 e. The molecule has 2 rings (SSSR count). The van der Waals surface area contributed by atoms with Crippen LogP contribution in [0, 0.1) is 0 Å². The first-order chi connectivity index (χ1) is 9.74. The predicted octanol–water partition coefficient (Wildman–Crippen LogP) is 1.88. The van der Waals surface area contributed by atoms with E-state index < -0.39 is 0 Å². The van der Waals surface area contributed by atoms with Crippen LogP contribution in [0.5, 0.6) is 0 Å². The summed E-state index contributed by atoms with van der Waals surface area (Å²) in [6, 6.07) is 4.55. The summed E-state index contributed by atoms with van der Waals surface area (Å²) in [4.78, 5) is 6.90. The fraction of sp³-hybridized carbons (Fsp3) is 0.667. The SMILES string of the molecule is CSC(CO)C(C)NCc1ccc(N2CCCC2)nc1. The maximum absolute atomic E-state index is 9.27. The van der Waals surface area contributed by atoms with Crippen molar-refractivity contribution < 1.29 is 5.11 Å². The highest BCUT2D eigenvalue weighted by Crippen LogP contribution is 2.17. The minimum absolute atomic E-state index is 0.210. The van der Waals surface area contributed by atoms with Gasteiger partial charge >= 0.3 is 0 Å². The molecular weight excluding hydrogens is 270 g/mol. The molecule has 1 aromatic heterocycles. The molecule has 0 amide bonds. The van der Waals surface area contributed by atoms with Gasteiger partial charge in [-0.1, -0.05) is 6.07 Å². The number of aliphatic hydroxyl groups excluding tert-OH is 1. The standard InChI is InChI=1S/C15H25N3OS/c1-12(14(11-19)20-2)16-9-13-5-6-15(17-10-13)18-7-3-4-8-18/h5-6,10,12,14,16,19H,3-4,7-9,11H2,1-2H3. The van der Waals surface area contributed by atoms with Gasteiger partial charge in [0.05, 0.1) is 6.61 Å². The highest BCUT2D eigenvalue weighted by molar-refractivity contribution is 7.99. The Morgan fingerprint density at radius 3 is 2.70 bits per heavy atom. The Balaban J connectivity index is 1.84. The van der Waals surface area contributed by atoms with Gasteiger partial charge in [0.15, 0.2) is 0 Å². The van der Waals surface area contributed by atoms with Gasteiger partial charge in [-0.2, -0.15) is 11.8 Å². The van der Waals surface area contributed by atoms with Gasteiger partial charge in [0.25, 0.3) is 0 Å². The fourth-order valence-corrected chi connectivity index (χ4v) is 3.16. The Bertz CT molecular complexity index is 389. The predicted molar refractivity (Wildman–Crippen MR) is 86.4 cm³/mol. The van der Waals surface area contributed by atoms with Gasteiger partial charge in [0.1, 0.15) is 5.82 Å². The zero-order valence-electron chi connectivity index (χ0n) is 12.4. The number of pyridine rings is 1. The Morgan fingerprint density at radius 2 is 2.15 bits per heavy atom. The first kappa shape index (κ1) is 15.6. The maximum atomic E-state index is 9.27. The van der Waals surface area contributed by atoms with E-state index in [0.717, 1.165) is 25.5 Å². The highest BCUT2D eigenvalue weighted by Gasteiger charge is 2.15. The molecule has 0 aromatic carbocycles. The van der Waals surface area contributed by atoms with Crippen molar-refractivity contribution in [2.75, 3.05) is 30.9 Å². The summed E-state index contributed by atoms with van der Waals surface area (Å²) >= 11 is 1.70. The minimum atomic E-state index is 0.210. The second-order valence-electron chi connectivity index (χ2n) is 5.35. The van der Waals surface area contributed by atoms with Gasteiger partial charge in [0.2, 0.25) is 0 Å². The van der Waals surface area contributed by atoms with Crippen molar-refractivity contribution in [1.82, 2.24) is 10.3 Å². The van der Waals surface area contributed by atoms with Crippen LogP contribution in [-0.4, -0.2) is 47.3 Å². The van der Waals surface area contributed by atoms with E-state index in [4.69, 9.17) is 0 Å². The summed E-state index contributed by atoms with van der Waals surface area (Å²) in [6.45, 7) is 5.39. The van der Waals surface area contributed by atoms with Gasteiger partial charge in [-0.25, -0.2) is 4.98 Å². The van der Waals surface area contributed by atoms with E-state index in [1.54, 1.807) is 11.8 Å². The molecule has 1 aliphatic rings. The first-order valence-corrected chi connectivity index (χ1v) is 8.60. The van der Waals surface area contributed by atoms with Crippen LogP contribution >= 0.6 is 11.8 Å². The number of aromatic nitrogens is 1. The Hall–Kier alpha value is -0.780. The van der Waals surface area contributed by atoms with Crippen LogP contribution in [0.4, 0.5) is 5.82 Å². The molecule has 1 fully saturated rings. The highest BCUT2D eigenvalue weighted by atomic mass is 32.2. The average Bonchev–Trinajstić information content (AvgIpc) is 3.01. The zero-order chi connectivity index (χ0) is 14.4. The molecule has 1 saturated heterocycles. The molecule has 1 aromatic rings. The quantitative estimate of drug-likeness (QED) is 0.804. The van der Waals surface area contributed by atoms with Crippen molar-refractivity contribution >= 4 is 17.6 Å². The average molecular weight is 295 g/mol. The maximum Gasteiger partial charge on any atom is 0.128 e. The molecule has 2 atom stereocenters. The monoisotopic (exact) mass is 295 g/mol. The van der Waals surface area contributed by atoms with E-state index in [1.165, 1.54) is 18.4 Å². The normalized spacial score (nSPS) is 18.2. The minimum Gasteiger partial charge on any atom is -0.395 e. The second-order valence-corrected chi connectivity index (χ2v) is 6.42. The molecule has 112 valence electrons. The second kappa shape index (κ2) is 7.86. The number of thioether (sulfide) groups is 1. The van der Waals surface area contributed by atoms with Crippen molar-refractivity contribution in [3.05, 3.63) is 23.9 Å². The molecule has 0 spiro atoms. The number of nitrogens with one attached hydrogen (secondary N) is 1. The summed E-state index contributed by atoms with van der Waals surface area (Å²) in [5.41, 5.74) is 1.19. The summed E-state index contributed by atoms with van der Waals surface area (Å²) in [7, 11) is 0. The molecule has 2 N–H and O–H groups in total. The molecular formula is C15H25N3OS. The Labute approximate surface area is 126 Å². The van der Waals surface area contributed by atoms with Gasteiger partial charge < -0.3 is 15.3 Å². The summed E-state index contributed by atoms with van der Waals surface area (Å²) in [5.74, 6) is 1.09. The number of nitrogens with zero attached hydrogens (tertiary/aromatic N) is 2. The van der Waals surface area contributed by atoms with Crippen molar-refractivity contribution in [1.29, 1.82) is 0 Å². The van der Waals surface area contributed by atoms with Crippen LogP contribution in [0.25, 0.3) is 0 Å². The first-order valence-electron chi connectivity index (χ1n) is 7.31. The van der Waals surface area contributed by atoms with Gasteiger partial charge in [-0.15, -0.1) is 0 Å². The van der Waals surface area contributed by atoms with Crippen LogP contribution in [0.3, 0.4) is 0 Å². The van der Waals surface area contributed by atoms with E-state index in [2.05, 4.69) is 34.3 Å². The molecule has 5 heteroatoms. The molecule has 0 bridgehead atoms. The number of anilines is 1. The molecule has 0 aliphatic carbocycles. The zero-order valence-corrected chi connectivity index (χ0v) is 13.2. The number of rotatable bonds is 7. The topological polar surface area (TPSA) is 48.4 Å². The lowest BCUT2D eigenvalue weighted by Gasteiger charge is -2.21. The Kier molecular flexibility index (Phi) is 6.13. The van der Waals surface area contributed by atoms with Crippen molar-refractivity contribution in [2.45, 2.75) is 37.6 Å². The van der Waals surface area contributed by atoms with Gasteiger partial charge in [-0.05, 0) is 37.7 Å². The van der Waals surface area contributed by atoms with Gasteiger partial charge in [0, 0.05) is 37.1 Å². The summed E-state index contributed by atoms with van der Waals surface area (Å²) < 4.78 is 0. The third-order valence-corrected chi connectivity index (χ3v) is 5.07. The van der Waals surface area contributed by atoms with Crippen LogP contribution in [0.2, 0.25) is 0 Å². The van der Waals surface area contributed by atoms with E-state index in [1.807, 2.05) is 12.5 Å². The number of hydrogen-bond donors (Lipinski definition) is 2. The van der Waals surface area contributed by atoms with Crippen LogP contribution < -0.4 is 10.2 Å². The number of hydrogen-bond acceptors (Lipinski definition) is 5. The van der Waals surface area contributed by atoms with E-state index >= 15 is 0 Å². The summed E-state index contributed by atoms with van der Waals surface area (Å²) in [6.07, 6.45) is 6.55. The van der Waals surface area contributed by atoms with Crippen molar-refractivity contribution in [3.63, 3.8) is 0 Å².